The Morgan fingerprint density at radius 2 is 1.74 bits per heavy atom. The van der Waals surface area contributed by atoms with Gasteiger partial charge in [-0.2, -0.15) is 0 Å². The molecular formula is C50H68BN7O12. The molecule has 0 fully saturated rings. The van der Waals surface area contributed by atoms with Gasteiger partial charge in [-0.05, 0) is 56.1 Å². The number of fused-ring (bicyclic) bond motifs is 2. The van der Waals surface area contributed by atoms with Gasteiger partial charge in [-0.25, -0.2) is 9.78 Å². The molecule has 1 aromatic carbocycles. The van der Waals surface area contributed by atoms with Crippen molar-refractivity contribution in [2.45, 2.75) is 104 Å². The van der Waals surface area contributed by atoms with Gasteiger partial charge in [-0.15, -0.1) is 6.58 Å². The van der Waals surface area contributed by atoms with Crippen LogP contribution in [0.5, 0.6) is 0 Å². The van der Waals surface area contributed by atoms with E-state index in [2.05, 4.69) is 37.8 Å². The average Bonchev–Trinajstić information content (AvgIpc) is 3.32. The number of primary amides is 1. The first kappa shape index (κ1) is 57.7. The van der Waals surface area contributed by atoms with Gasteiger partial charge >= 0.3 is 13.2 Å². The summed E-state index contributed by atoms with van der Waals surface area (Å²) in [6, 6.07) is 8.33. The number of aliphatic hydroxyl groups is 1. The number of benzene rings is 1. The highest BCUT2D eigenvalue weighted by molar-refractivity contribution is 6.43. The Morgan fingerprint density at radius 1 is 1.04 bits per heavy atom. The third-order valence-electron chi connectivity index (χ3n) is 11.3. The quantitative estimate of drug-likeness (QED) is 0.0724. The lowest BCUT2D eigenvalue weighted by Crippen LogP contribution is -2.55. The predicted molar refractivity (Wildman–Crippen MR) is 263 cm³/mol. The molecule has 1 aliphatic heterocycles. The number of hydrogen-bond donors (Lipinski definition) is 8. The van der Waals surface area contributed by atoms with Crippen molar-refractivity contribution >= 4 is 42.5 Å². The van der Waals surface area contributed by atoms with Crippen LogP contribution in [0.1, 0.15) is 76.9 Å². The molecule has 70 heavy (non-hydrogen) atoms. The normalized spacial score (nSPS) is 24.1. The minimum Gasteiger partial charge on any atom is -0.439 e. The fourth-order valence-corrected chi connectivity index (χ4v) is 7.71. The van der Waals surface area contributed by atoms with Crippen molar-refractivity contribution in [2.24, 2.45) is 23.5 Å². The summed E-state index contributed by atoms with van der Waals surface area (Å²) in [6.07, 6.45) is 10.1. The van der Waals surface area contributed by atoms with Crippen LogP contribution >= 0.6 is 0 Å². The van der Waals surface area contributed by atoms with Crippen LogP contribution in [0.2, 0.25) is 0 Å². The summed E-state index contributed by atoms with van der Waals surface area (Å²) in [4.78, 5) is 84.4. The number of amides is 4. The van der Waals surface area contributed by atoms with Gasteiger partial charge in [0.1, 0.15) is 17.8 Å². The Labute approximate surface area is 410 Å². The number of carbonyl (C=O) groups is 6. The van der Waals surface area contributed by atoms with Crippen LogP contribution in [0.4, 0.5) is 4.79 Å². The Kier molecular flexibility index (Phi) is 23.8. The van der Waals surface area contributed by atoms with E-state index >= 15 is 0 Å². The van der Waals surface area contributed by atoms with Gasteiger partial charge in [0, 0.05) is 62.7 Å². The maximum atomic E-state index is 13.5. The molecule has 2 heterocycles. The summed E-state index contributed by atoms with van der Waals surface area (Å²) < 4.78 is 16.6. The summed E-state index contributed by atoms with van der Waals surface area (Å²) in [6.45, 7) is 14.7. The molecule has 2 aromatic rings. The largest absolute Gasteiger partial charge is 0.475 e. The zero-order valence-electron chi connectivity index (χ0n) is 41.1. The van der Waals surface area contributed by atoms with E-state index in [4.69, 9.17) is 19.9 Å². The molecule has 378 valence electrons. The number of nitrogens with zero attached hydrogens (tertiary/aromatic N) is 2. The van der Waals surface area contributed by atoms with Crippen molar-refractivity contribution in [2.75, 3.05) is 20.8 Å². The lowest BCUT2D eigenvalue weighted by molar-refractivity contribution is -0.123. The smallest absolute Gasteiger partial charge is 0.439 e. The lowest BCUT2D eigenvalue weighted by atomic mass is 9.75. The number of nitrogens with two attached hydrogens (primary N) is 1. The third kappa shape index (κ3) is 18.1. The van der Waals surface area contributed by atoms with Gasteiger partial charge < -0.3 is 56.4 Å². The summed E-state index contributed by atoms with van der Waals surface area (Å²) in [7, 11) is 1.22. The molecule has 19 nitrogen and oxygen atoms in total. The molecule has 20 heteroatoms. The second kappa shape index (κ2) is 28.8. The van der Waals surface area contributed by atoms with Crippen molar-refractivity contribution in [3.8, 4) is 0 Å². The number of aliphatic hydroxyl groups excluding tert-OH is 1. The lowest BCUT2D eigenvalue weighted by Gasteiger charge is -2.30. The number of Topliss-reactive ketones (excluding diaryl/α,β-unsaturated/α-hetero) is 1. The minimum absolute atomic E-state index is 0.0919. The van der Waals surface area contributed by atoms with Crippen molar-refractivity contribution in [3.63, 3.8) is 0 Å². The molecule has 0 unspecified atom stereocenters. The Hall–Kier alpha value is -6.58. The number of ketones is 2. The minimum atomic E-state index is -1.69. The van der Waals surface area contributed by atoms with Crippen LogP contribution < -0.4 is 27.0 Å². The second-order valence-corrected chi connectivity index (χ2v) is 17.6. The number of ether oxygens (including phenoxy) is 3. The summed E-state index contributed by atoms with van der Waals surface area (Å²) in [5, 5.41) is 41.2. The van der Waals surface area contributed by atoms with E-state index in [9.17, 15) is 43.9 Å². The van der Waals surface area contributed by atoms with Crippen molar-refractivity contribution in [1.82, 2.24) is 31.2 Å². The van der Waals surface area contributed by atoms with Gasteiger partial charge in [0.15, 0.2) is 6.10 Å². The van der Waals surface area contributed by atoms with Gasteiger partial charge in [-0.3, -0.25) is 29.0 Å². The fourth-order valence-electron chi connectivity index (χ4n) is 7.71. The molecule has 0 spiro atoms. The predicted octanol–water partition coefficient (Wildman–Crippen LogP) is 2.90. The van der Waals surface area contributed by atoms with E-state index in [1.165, 1.54) is 38.9 Å². The molecule has 0 saturated carbocycles. The molecule has 4 amide bonds. The first-order chi connectivity index (χ1) is 33.2. The standard InChI is InChI=1S/C31H43N3O8.C19H25BN4O4/c1-8-12-33-26-21-13-17(2)14-25(41-7)27(36)19(4)15-20(5)29(42-31(32)39)24(40-6)11-9-10-18(3)30(38)34-22(28(21)37)16-23(26)35;1-13(2)10-17(20(27)28)24-18(25)15(11-14-6-4-3-5-7-14)23-19(26)16-12-21-8-9-22-16/h8-11,15-17,19,24-25,27,29,33,36H,1,12-14H2,2-7H3,(H2,32,39)(H,34,38);3-9,12-13,15,17,27-28H,10-11H2,1-2H3,(H,23,26)(H,24,25)/b11-9-,18-10+,20-15+;/t17-,19+,24+,25+,27-,29-;15-,17-/m10/s1. The van der Waals surface area contributed by atoms with Crippen LogP contribution in [0.15, 0.2) is 120 Å². The van der Waals surface area contributed by atoms with E-state index in [0.29, 0.717) is 18.4 Å². The van der Waals surface area contributed by atoms with Gasteiger partial charge in [0.2, 0.25) is 17.5 Å². The second-order valence-electron chi connectivity index (χ2n) is 17.6. The van der Waals surface area contributed by atoms with Crippen molar-refractivity contribution in [3.05, 3.63) is 131 Å². The topological polar surface area (TPSA) is 291 Å². The maximum absolute atomic E-state index is 13.5. The average molecular weight is 970 g/mol. The zero-order chi connectivity index (χ0) is 52.1. The molecule has 1 aliphatic carbocycles. The highest BCUT2D eigenvalue weighted by Crippen LogP contribution is 2.29. The maximum Gasteiger partial charge on any atom is 0.475 e. The van der Waals surface area contributed by atoms with Gasteiger partial charge in [0.05, 0.1) is 35.7 Å². The van der Waals surface area contributed by atoms with E-state index in [1.54, 1.807) is 45.1 Å². The zero-order valence-corrected chi connectivity index (χ0v) is 41.1. The monoisotopic (exact) mass is 970 g/mol. The van der Waals surface area contributed by atoms with Gasteiger partial charge in [-0.1, -0.05) is 88.4 Å². The highest BCUT2D eigenvalue weighted by atomic mass is 16.6. The van der Waals surface area contributed by atoms with Crippen LogP contribution in [0, 0.1) is 17.8 Å². The van der Waals surface area contributed by atoms with E-state index in [1.807, 2.05) is 51.1 Å². The number of nitrogens with one attached hydrogen (secondary N) is 4. The molecule has 2 aliphatic rings. The number of rotatable bonds is 15. The number of aromatic nitrogens is 2. The summed E-state index contributed by atoms with van der Waals surface area (Å²) in [5.74, 6) is -3.86. The molecule has 2 bridgehead atoms. The molecule has 9 N–H and O–H groups in total. The molecule has 4 rings (SSSR count). The fraction of sp³-hybridized carbons (Fsp3) is 0.440. The van der Waals surface area contributed by atoms with Crippen LogP contribution in [-0.2, 0) is 39.8 Å². The van der Waals surface area contributed by atoms with Gasteiger partial charge in [0.25, 0.3) is 11.8 Å². The molecule has 8 atom stereocenters. The Bertz CT molecular complexity index is 2280. The third-order valence-corrected chi connectivity index (χ3v) is 11.3. The van der Waals surface area contributed by atoms with Crippen molar-refractivity contribution in [1.29, 1.82) is 0 Å². The first-order valence-electron chi connectivity index (χ1n) is 22.9. The van der Waals surface area contributed by atoms with Crippen LogP contribution in [0.3, 0.4) is 0 Å². The van der Waals surface area contributed by atoms with Crippen molar-refractivity contribution < 1.29 is 58.1 Å². The van der Waals surface area contributed by atoms with E-state index in [-0.39, 0.29) is 59.5 Å². The summed E-state index contributed by atoms with van der Waals surface area (Å²) >= 11 is 0. The summed E-state index contributed by atoms with van der Waals surface area (Å²) in [5.41, 5.74) is 7.37. The number of hydrogen-bond acceptors (Lipinski definition) is 15. The molecule has 1 aromatic heterocycles. The van der Waals surface area contributed by atoms with E-state index < -0.39 is 84.8 Å². The Balaban J connectivity index is 0.000000401. The van der Waals surface area contributed by atoms with Crippen LogP contribution in [-0.4, -0.2) is 125 Å². The SMILES string of the molecule is C=CCNC1=C2C[C@@H](C)C[C@H](OC)[C@H](O)[C@@H](C)/C=C(\C)[C@@H](OC(N)=O)[C@@H](OC)/C=C\C=C(/C)C(=O)NC(=CC1=O)C2=O.CC(C)C[C@H](NC(=O)[C@H](Cc1ccccc1)NC(=O)c1cnccn1)B(O)O. The van der Waals surface area contributed by atoms with E-state index in [0.717, 1.165) is 11.6 Å². The molecule has 0 radical (unpaired) electrons. The highest BCUT2D eigenvalue weighted by Gasteiger charge is 2.34. The number of methoxy groups -OCH3 is 2. The van der Waals surface area contributed by atoms with Crippen LogP contribution in [0.25, 0.3) is 0 Å². The Morgan fingerprint density at radius 3 is 2.33 bits per heavy atom. The molecular weight excluding hydrogens is 901 g/mol. The molecule has 0 saturated heterocycles. The first-order valence-corrected chi connectivity index (χ1v) is 22.9. The number of carbonyl (C=O) groups excluding carboxylic acids is 6. The number of allylic oxidation sites excluding steroid dienone is 4.